The summed E-state index contributed by atoms with van der Waals surface area (Å²) in [5.41, 5.74) is 4.93. The molecule has 2 aromatic carbocycles. The lowest BCUT2D eigenvalue weighted by molar-refractivity contribution is -0.0925. The third kappa shape index (κ3) is 7.73. The molecule has 31 heavy (non-hydrogen) atoms. The molecule has 3 N–H and O–H groups in total. The molecule has 166 valence electrons. The fraction of sp³-hybridized carbons (Fsp3) is 0.273. The predicted octanol–water partition coefficient (Wildman–Crippen LogP) is 4.55. The number of halogens is 4. The average molecular weight is 453 g/mol. The maximum Gasteiger partial charge on any atom is 0.430 e. The molecule has 0 unspecified atom stereocenters. The number of aliphatic imine (C=N–C) groups is 1. The fourth-order valence-corrected chi connectivity index (χ4v) is 2.75. The molecule has 0 aromatic heterocycles. The molecular formula is C22H24ClF3N4O. The van der Waals surface area contributed by atoms with Gasteiger partial charge in [-0.1, -0.05) is 35.9 Å². The Bertz CT molecular complexity index is 954. The lowest BCUT2D eigenvalue weighted by atomic mass is 10.1. The first-order valence-electron chi connectivity index (χ1n) is 9.49. The highest BCUT2D eigenvalue weighted by Crippen LogP contribution is 2.27. The molecule has 9 heteroatoms. The summed E-state index contributed by atoms with van der Waals surface area (Å²) in [6, 6.07) is 12.6. The number of para-hydroxylation sites is 1. The van der Waals surface area contributed by atoms with Crippen LogP contribution >= 0.6 is 11.6 Å². The van der Waals surface area contributed by atoms with Gasteiger partial charge in [-0.3, -0.25) is 4.79 Å². The van der Waals surface area contributed by atoms with Crippen LogP contribution in [0, 0.1) is 0 Å². The van der Waals surface area contributed by atoms with Crippen LogP contribution in [0.5, 0.6) is 0 Å². The number of amides is 1. The molecule has 0 aliphatic rings. The minimum atomic E-state index is -4.70. The standard InChI is InChI=1S/C22H24ClF3N4O/c1-30(2)13-5-12-28-21(31)16-10-8-15(9-11-16)19(14-20(27)22(24,25)26)29-18-7-4-3-6-17(18)23/h3-4,6-11,14H,5,12-13,27H2,1-2H3,(H,28,31)/b20-14-,29-19?. The number of carbonyl (C=O) groups is 1. The number of nitrogens with zero attached hydrogens (tertiary/aromatic N) is 2. The summed E-state index contributed by atoms with van der Waals surface area (Å²) in [7, 11) is 3.89. The number of nitrogens with two attached hydrogens (primary N) is 1. The molecule has 2 rings (SSSR count). The van der Waals surface area contributed by atoms with Gasteiger partial charge in [0.2, 0.25) is 0 Å². The van der Waals surface area contributed by atoms with Gasteiger partial charge in [0.05, 0.1) is 16.4 Å². The van der Waals surface area contributed by atoms with Crippen LogP contribution in [0.4, 0.5) is 18.9 Å². The zero-order chi connectivity index (χ0) is 23.0. The van der Waals surface area contributed by atoms with Gasteiger partial charge in [0.1, 0.15) is 5.70 Å². The van der Waals surface area contributed by atoms with Crippen LogP contribution in [0.15, 0.2) is 65.3 Å². The number of hydrogen-bond donors (Lipinski definition) is 2. The van der Waals surface area contributed by atoms with Gasteiger partial charge in [0.25, 0.3) is 5.91 Å². The van der Waals surface area contributed by atoms with E-state index in [1.165, 1.54) is 24.3 Å². The number of allylic oxidation sites excluding steroid dienone is 2. The Hall–Kier alpha value is -2.84. The van der Waals surface area contributed by atoms with Crippen LogP contribution in [0.2, 0.25) is 5.02 Å². The highest BCUT2D eigenvalue weighted by molar-refractivity contribution is 6.33. The fourth-order valence-electron chi connectivity index (χ4n) is 2.57. The van der Waals surface area contributed by atoms with Gasteiger partial charge in [0.15, 0.2) is 0 Å². The van der Waals surface area contributed by atoms with Gasteiger partial charge in [-0.25, -0.2) is 4.99 Å². The molecule has 5 nitrogen and oxygen atoms in total. The number of alkyl halides is 3. The normalized spacial score (nSPS) is 12.9. The molecular weight excluding hydrogens is 429 g/mol. The first-order valence-corrected chi connectivity index (χ1v) is 9.86. The zero-order valence-corrected chi connectivity index (χ0v) is 18.0. The SMILES string of the molecule is CN(C)CCCNC(=O)c1ccc(C(/C=C(\N)C(F)(F)F)=Nc2ccccc2Cl)cc1. The smallest absolute Gasteiger partial charge is 0.395 e. The number of benzene rings is 2. The largest absolute Gasteiger partial charge is 0.430 e. The first-order chi connectivity index (χ1) is 14.6. The van der Waals surface area contributed by atoms with Crippen molar-refractivity contribution in [2.45, 2.75) is 12.6 Å². The molecule has 0 saturated carbocycles. The van der Waals surface area contributed by atoms with Gasteiger partial charge >= 0.3 is 6.18 Å². The second-order valence-corrected chi connectivity index (χ2v) is 7.44. The Balaban J connectivity index is 2.29. The van der Waals surface area contributed by atoms with E-state index in [1.54, 1.807) is 24.3 Å². The van der Waals surface area contributed by atoms with Crippen LogP contribution in [-0.2, 0) is 0 Å². The lowest BCUT2D eigenvalue weighted by Gasteiger charge is -2.11. The second-order valence-electron chi connectivity index (χ2n) is 7.04. The van der Waals surface area contributed by atoms with Crippen molar-refractivity contribution in [1.82, 2.24) is 10.2 Å². The number of nitrogens with one attached hydrogen (secondary N) is 1. The summed E-state index contributed by atoms with van der Waals surface area (Å²) in [6.45, 7) is 1.36. The Morgan fingerprint density at radius 3 is 2.32 bits per heavy atom. The van der Waals surface area contributed by atoms with E-state index in [1.807, 2.05) is 19.0 Å². The predicted molar refractivity (Wildman–Crippen MR) is 118 cm³/mol. The molecule has 0 radical (unpaired) electrons. The van der Waals surface area contributed by atoms with Crippen LogP contribution in [0.25, 0.3) is 0 Å². The van der Waals surface area contributed by atoms with E-state index >= 15 is 0 Å². The van der Waals surface area contributed by atoms with Gasteiger partial charge in [0, 0.05) is 17.7 Å². The highest BCUT2D eigenvalue weighted by Gasteiger charge is 2.31. The molecule has 0 atom stereocenters. The van der Waals surface area contributed by atoms with Gasteiger partial charge in [-0.2, -0.15) is 13.2 Å². The minimum absolute atomic E-state index is 0.0270. The Morgan fingerprint density at radius 1 is 1.13 bits per heavy atom. The third-order valence-corrected chi connectivity index (χ3v) is 4.54. The molecule has 1 amide bonds. The van der Waals surface area contributed by atoms with Gasteiger partial charge < -0.3 is 16.0 Å². The van der Waals surface area contributed by atoms with Crippen molar-refractivity contribution in [3.8, 4) is 0 Å². The van der Waals surface area contributed by atoms with E-state index in [-0.39, 0.29) is 16.6 Å². The van der Waals surface area contributed by atoms with Crippen molar-refractivity contribution in [2.24, 2.45) is 10.7 Å². The summed E-state index contributed by atoms with van der Waals surface area (Å²) >= 11 is 6.09. The molecule has 0 spiro atoms. The molecule has 0 bridgehead atoms. The minimum Gasteiger partial charge on any atom is -0.395 e. The van der Waals surface area contributed by atoms with Gasteiger partial charge in [-0.15, -0.1) is 0 Å². The van der Waals surface area contributed by atoms with Crippen LogP contribution in [-0.4, -0.2) is 49.9 Å². The first kappa shape index (κ1) is 24.4. The molecule has 0 heterocycles. The maximum atomic E-state index is 13.0. The van der Waals surface area contributed by atoms with Crippen molar-refractivity contribution in [3.05, 3.63) is 76.5 Å². The van der Waals surface area contributed by atoms with Crippen LogP contribution in [0.1, 0.15) is 22.3 Å². The molecule has 0 aliphatic carbocycles. The van der Waals surface area contributed by atoms with E-state index in [0.29, 0.717) is 23.4 Å². The summed E-state index contributed by atoms with van der Waals surface area (Å²) < 4.78 is 38.9. The van der Waals surface area contributed by atoms with Gasteiger partial charge in [-0.05, 0) is 57.4 Å². The second kappa shape index (κ2) is 11.0. The molecule has 0 aliphatic heterocycles. The summed E-state index contributed by atoms with van der Waals surface area (Å²) in [5, 5.41) is 3.09. The molecule has 2 aromatic rings. The van der Waals surface area contributed by atoms with E-state index in [2.05, 4.69) is 10.3 Å². The van der Waals surface area contributed by atoms with E-state index < -0.39 is 11.9 Å². The summed E-state index contributed by atoms with van der Waals surface area (Å²) in [4.78, 5) is 18.5. The quantitative estimate of drug-likeness (QED) is 0.456. The van der Waals surface area contributed by atoms with Crippen molar-refractivity contribution in [3.63, 3.8) is 0 Å². The van der Waals surface area contributed by atoms with Crippen molar-refractivity contribution in [2.75, 3.05) is 27.2 Å². The highest BCUT2D eigenvalue weighted by atomic mass is 35.5. The topological polar surface area (TPSA) is 70.7 Å². The Labute approximate surface area is 184 Å². The van der Waals surface area contributed by atoms with Crippen LogP contribution in [0.3, 0.4) is 0 Å². The maximum absolute atomic E-state index is 13.0. The lowest BCUT2D eigenvalue weighted by Crippen LogP contribution is -2.27. The third-order valence-electron chi connectivity index (χ3n) is 4.22. The summed E-state index contributed by atoms with van der Waals surface area (Å²) in [6.07, 6.45) is -3.15. The van der Waals surface area contributed by atoms with Crippen molar-refractivity contribution >= 4 is 28.9 Å². The van der Waals surface area contributed by atoms with E-state index in [4.69, 9.17) is 17.3 Å². The number of hydrogen-bond acceptors (Lipinski definition) is 4. The van der Waals surface area contributed by atoms with E-state index in [9.17, 15) is 18.0 Å². The average Bonchev–Trinajstić information content (AvgIpc) is 2.71. The van der Waals surface area contributed by atoms with E-state index in [0.717, 1.165) is 19.0 Å². The van der Waals surface area contributed by atoms with Crippen molar-refractivity contribution < 1.29 is 18.0 Å². The van der Waals surface area contributed by atoms with Crippen LogP contribution < -0.4 is 11.1 Å². The van der Waals surface area contributed by atoms with Crippen molar-refractivity contribution in [1.29, 1.82) is 0 Å². The summed E-state index contributed by atoms with van der Waals surface area (Å²) in [5.74, 6) is -0.264. The monoisotopic (exact) mass is 452 g/mol. The number of carbonyl (C=O) groups excluding carboxylic acids is 1. The Kier molecular flexibility index (Phi) is 8.65. The Morgan fingerprint density at radius 2 is 1.74 bits per heavy atom. The molecule has 0 fully saturated rings. The number of rotatable bonds is 8. The molecule has 0 saturated heterocycles. The zero-order valence-electron chi connectivity index (χ0n) is 17.2.